The monoisotopic (exact) mass is 494 g/mol. The van der Waals surface area contributed by atoms with Crippen LogP contribution in [0.2, 0.25) is 0 Å². The number of hydrogen-bond acceptors (Lipinski definition) is 7. The van der Waals surface area contributed by atoms with Gasteiger partial charge in [-0.2, -0.15) is 4.98 Å². The molecule has 36 heavy (non-hydrogen) atoms. The first-order chi connectivity index (χ1) is 17.4. The van der Waals surface area contributed by atoms with Crippen LogP contribution in [0, 0.1) is 6.92 Å². The standard InChI is InChI=1S/C25H24F2N6O3/c1-15-2-3-16(22-30-24(36-31-22)17-12-25(26,27)13-17)10-19(15)29-23(34)20-14-28-21-11-18(4-5-33(20)21)32-6-8-35-9-7-32/h2-5,10-11,14,17H,6-9,12-13H2,1H3,(H,29,34). The fourth-order valence-corrected chi connectivity index (χ4v) is 4.59. The molecule has 2 fully saturated rings. The zero-order valence-corrected chi connectivity index (χ0v) is 19.6. The number of nitrogens with zero attached hydrogens (tertiary/aromatic N) is 5. The first-order valence-corrected chi connectivity index (χ1v) is 11.8. The number of nitrogens with one attached hydrogen (secondary N) is 1. The highest BCUT2D eigenvalue weighted by atomic mass is 19.3. The average Bonchev–Trinajstić information content (AvgIpc) is 3.51. The number of hydrogen-bond donors (Lipinski definition) is 1. The smallest absolute Gasteiger partial charge is 0.274 e. The second-order valence-electron chi connectivity index (χ2n) is 9.26. The number of carbonyl (C=O) groups excluding carboxylic acids is 1. The molecular formula is C25H24F2N6O3. The van der Waals surface area contributed by atoms with E-state index in [9.17, 15) is 13.6 Å². The van der Waals surface area contributed by atoms with Crippen molar-refractivity contribution in [3.8, 4) is 11.4 Å². The van der Waals surface area contributed by atoms with Gasteiger partial charge in [-0.15, -0.1) is 0 Å². The van der Waals surface area contributed by atoms with Crippen molar-refractivity contribution in [3.63, 3.8) is 0 Å². The number of alkyl halides is 2. The normalized spacial score (nSPS) is 17.8. The van der Waals surface area contributed by atoms with E-state index in [2.05, 4.69) is 25.3 Å². The van der Waals surface area contributed by atoms with Crippen LogP contribution in [0.1, 0.15) is 40.7 Å². The summed E-state index contributed by atoms with van der Waals surface area (Å²) in [4.78, 5) is 24.1. The molecule has 0 atom stereocenters. The molecule has 1 aliphatic carbocycles. The van der Waals surface area contributed by atoms with E-state index in [-0.39, 0.29) is 24.6 Å². The Kier molecular flexibility index (Phi) is 5.44. The zero-order valence-electron chi connectivity index (χ0n) is 19.6. The first kappa shape index (κ1) is 22.6. The molecule has 1 aromatic carbocycles. The zero-order chi connectivity index (χ0) is 24.9. The average molecular weight is 495 g/mol. The van der Waals surface area contributed by atoms with E-state index in [4.69, 9.17) is 9.26 Å². The molecule has 11 heteroatoms. The van der Waals surface area contributed by atoms with Crippen LogP contribution in [0.3, 0.4) is 0 Å². The Balaban J connectivity index is 1.21. The third-order valence-electron chi connectivity index (χ3n) is 6.73. The molecule has 1 saturated carbocycles. The summed E-state index contributed by atoms with van der Waals surface area (Å²) in [5, 5.41) is 6.90. The number of pyridine rings is 1. The summed E-state index contributed by atoms with van der Waals surface area (Å²) in [5.74, 6) is -2.90. The van der Waals surface area contributed by atoms with E-state index in [0.717, 1.165) is 24.3 Å². The fourth-order valence-electron chi connectivity index (χ4n) is 4.59. The summed E-state index contributed by atoms with van der Waals surface area (Å²) < 4.78 is 38.8. The Morgan fingerprint density at radius 3 is 2.75 bits per heavy atom. The van der Waals surface area contributed by atoms with Gasteiger partial charge in [0.2, 0.25) is 17.6 Å². The molecule has 0 radical (unpaired) electrons. The van der Waals surface area contributed by atoms with Gasteiger partial charge in [-0.25, -0.2) is 13.8 Å². The van der Waals surface area contributed by atoms with Crippen molar-refractivity contribution < 1.29 is 22.8 Å². The Hall–Kier alpha value is -3.86. The maximum Gasteiger partial charge on any atom is 0.274 e. The minimum atomic E-state index is -2.66. The van der Waals surface area contributed by atoms with Gasteiger partial charge in [0.05, 0.1) is 19.4 Å². The Morgan fingerprint density at radius 2 is 1.97 bits per heavy atom. The molecule has 1 aliphatic heterocycles. The quantitative estimate of drug-likeness (QED) is 0.442. The molecule has 0 spiro atoms. The lowest BCUT2D eigenvalue weighted by Crippen LogP contribution is -2.36. The highest BCUT2D eigenvalue weighted by molar-refractivity contribution is 6.04. The van der Waals surface area contributed by atoms with E-state index in [1.54, 1.807) is 22.7 Å². The number of imidazole rings is 1. The number of aryl methyl sites for hydroxylation is 1. The molecule has 4 aromatic rings. The number of halogens is 2. The predicted octanol–water partition coefficient (Wildman–Crippen LogP) is 4.29. The fraction of sp³-hybridized carbons (Fsp3) is 0.360. The molecule has 0 bridgehead atoms. The minimum absolute atomic E-state index is 0.212. The van der Waals surface area contributed by atoms with Gasteiger partial charge < -0.3 is 19.5 Å². The van der Waals surface area contributed by atoms with Gasteiger partial charge in [0, 0.05) is 61.1 Å². The molecule has 6 rings (SSSR count). The highest BCUT2D eigenvalue weighted by Crippen LogP contribution is 2.48. The van der Waals surface area contributed by atoms with Gasteiger partial charge in [-0.1, -0.05) is 17.3 Å². The molecule has 4 heterocycles. The van der Waals surface area contributed by atoms with Gasteiger partial charge >= 0.3 is 0 Å². The summed E-state index contributed by atoms with van der Waals surface area (Å²) >= 11 is 0. The predicted molar refractivity (Wildman–Crippen MR) is 128 cm³/mol. The van der Waals surface area contributed by atoms with E-state index >= 15 is 0 Å². The van der Waals surface area contributed by atoms with Crippen molar-refractivity contribution in [2.45, 2.75) is 31.6 Å². The van der Waals surface area contributed by atoms with E-state index in [1.165, 1.54) is 0 Å². The van der Waals surface area contributed by atoms with Crippen molar-refractivity contribution >= 4 is 22.9 Å². The first-order valence-electron chi connectivity index (χ1n) is 11.8. The van der Waals surface area contributed by atoms with Crippen LogP contribution in [0.5, 0.6) is 0 Å². The Labute approximate surface area is 205 Å². The molecule has 9 nitrogen and oxygen atoms in total. The van der Waals surface area contributed by atoms with Crippen LogP contribution in [0.15, 0.2) is 47.2 Å². The number of morpholine rings is 1. The van der Waals surface area contributed by atoms with Crippen LogP contribution in [0.4, 0.5) is 20.2 Å². The third kappa shape index (κ3) is 4.19. The number of carbonyl (C=O) groups is 1. The van der Waals surface area contributed by atoms with Gasteiger partial charge in [-0.05, 0) is 24.6 Å². The van der Waals surface area contributed by atoms with Crippen molar-refractivity contribution in [2.75, 3.05) is 36.5 Å². The van der Waals surface area contributed by atoms with E-state index in [0.29, 0.717) is 41.6 Å². The highest BCUT2D eigenvalue weighted by Gasteiger charge is 2.48. The van der Waals surface area contributed by atoms with Crippen molar-refractivity contribution in [3.05, 3.63) is 59.9 Å². The largest absolute Gasteiger partial charge is 0.378 e. The van der Waals surface area contributed by atoms with Crippen molar-refractivity contribution in [1.29, 1.82) is 0 Å². The number of rotatable bonds is 5. The maximum atomic E-state index is 13.2. The van der Waals surface area contributed by atoms with Gasteiger partial charge in [0.15, 0.2) is 0 Å². The Bertz CT molecular complexity index is 1430. The summed E-state index contributed by atoms with van der Waals surface area (Å²) in [7, 11) is 0. The SMILES string of the molecule is Cc1ccc(-c2noc(C3CC(F)(F)C3)n2)cc1NC(=O)c1cnc2cc(N3CCOCC3)ccn12. The lowest BCUT2D eigenvalue weighted by Gasteiger charge is -2.31. The number of amides is 1. The lowest BCUT2D eigenvalue weighted by molar-refractivity contribution is -0.0925. The van der Waals surface area contributed by atoms with Crippen LogP contribution in [-0.4, -0.2) is 57.7 Å². The second kappa shape index (κ2) is 8.66. The van der Waals surface area contributed by atoms with Crippen LogP contribution in [-0.2, 0) is 4.74 Å². The minimum Gasteiger partial charge on any atom is -0.378 e. The summed E-state index contributed by atoms with van der Waals surface area (Å²) in [6.07, 6.45) is 2.83. The lowest BCUT2D eigenvalue weighted by atomic mass is 9.81. The molecule has 186 valence electrons. The van der Waals surface area contributed by atoms with Gasteiger partial charge in [0.25, 0.3) is 5.91 Å². The molecule has 2 aliphatic rings. The van der Waals surface area contributed by atoms with E-state index in [1.807, 2.05) is 31.3 Å². The second-order valence-corrected chi connectivity index (χ2v) is 9.26. The molecular weight excluding hydrogens is 470 g/mol. The van der Waals surface area contributed by atoms with Crippen LogP contribution in [0.25, 0.3) is 17.0 Å². The number of ether oxygens (including phenoxy) is 1. The summed E-state index contributed by atoms with van der Waals surface area (Å²) in [6.45, 7) is 4.88. The van der Waals surface area contributed by atoms with Gasteiger partial charge in [-0.3, -0.25) is 9.20 Å². The van der Waals surface area contributed by atoms with Crippen molar-refractivity contribution in [2.24, 2.45) is 0 Å². The van der Waals surface area contributed by atoms with Crippen molar-refractivity contribution in [1.82, 2.24) is 19.5 Å². The van der Waals surface area contributed by atoms with Crippen LogP contribution >= 0.6 is 0 Å². The number of anilines is 2. The number of benzene rings is 1. The number of fused-ring (bicyclic) bond motifs is 1. The van der Waals surface area contributed by atoms with E-state index < -0.39 is 11.8 Å². The van der Waals surface area contributed by atoms with Gasteiger partial charge in [0.1, 0.15) is 11.3 Å². The van der Waals surface area contributed by atoms with Crippen LogP contribution < -0.4 is 10.2 Å². The molecule has 3 aromatic heterocycles. The molecule has 1 saturated heterocycles. The third-order valence-corrected chi connectivity index (χ3v) is 6.73. The Morgan fingerprint density at radius 1 is 1.17 bits per heavy atom. The molecule has 1 N–H and O–H groups in total. The maximum absolute atomic E-state index is 13.2. The summed E-state index contributed by atoms with van der Waals surface area (Å²) in [5.41, 5.74) is 4.16. The molecule has 0 unspecified atom stereocenters. The number of aromatic nitrogens is 4. The topological polar surface area (TPSA) is 97.8 Å². The summed E-state index contributed by atoms with van der Waals surface area (Å²) in [6, 6.07) is 9.31. The molecule has 1 amide bonds.